The maximum atomic E-state index is 4.50. The number of anilines is 1. The van der Waals surface area contributed by atoms with Gasteiger partial charge in [-0.1, -0.05) is 39.8 Å². The van der Waals surface area contributed by atoms with Gasteiger partial charge in [0.25, 0.3) is 0 Å². The van der Waals surface area contributed by atoms with E-state index in [1.807, 2.05) is 0 Å². The lowest BCUT2D eigenvalue weighted by atomic mass is 10.2. The molecule has 2 fully saturated rings. The Morgan fingerprint density at radius 1 is 1.09 bits per heavy atom. The molecule has 1 aromatic carbocycles. The van der Waals surface area contributed by atoms with E-state index < -0.39 is 0 Å². The van der Waals surface area contributed by atoms with Crippen LogP contribution in [0, 0.1) is 0 Å². The fourth-order valence-corrected chi connectivity index (χ4v) is 4.10. The first-order valence-corrected chi connectivity index (χ1v) is 9.66. The van der Waals surface area contributed by atoms with Gasteiger partial charge >= 0.3 is 0 Å². The summed E-state index contributed by atoms with van der Waals surface area (Å²) in [4.78, 5) is 2.40. The Hall–Kier alpha value is -1.01. The van der Waals surface area contributed by atoms with E-state index in [0.29, 0.717) is 6.04 Å². The zero-order valence-corrected chi connectivity index (χ0v) is 14.8. The molecule has 22 heavy (non-hydrogen) atoms. The van der Waals surface area contributed by atoms with Crippen molar-refractivity contribution in [3.63, 3.8) is 0 Å². The summed E-state index contributed by atoms with van der Waals surface area (Å²) < 4.78 is 3.51. The zero-order chi connectivity index (χ0) is 14.9. The van der Waals surface area contributed by atoms with E-state index in [9.17, 15) is 0 Å². The monoisotopic (exact) mass is 378 g/mol. The quantitative estimate of drug-likeness (QED) is 0.727. The highest BCUT2D eigenvalue weighted by molar-refractivity contribution is 9.10. The fraction of sp³-hybridized carbons (Fsp3) is 0.500. The van der Waals surface area contributed by atoms with Gasteiger partial charge in [-0.05, 0) is 43.4 Å². The molecule has 116 valence electrons. The van der Waals surface area contributed by atoms with Crippen LogP contribution in [0.3, 0.4) is 0 Å². The van der Waals surface area contributed by atoms with Gasteiger partial charge in [-0.15, -0.1) is 10.2 Å². The number of nitrogens with zero attached hydrogens (tertiary/aromatic N) is 4. The number of aromatic nitrogens is 3. The molecule has 4 nitrogen and oxygen atoms in total. The van der Waals surface area contributed by atoms with E-state index in [0.717, 1.165) is 34.4 Å². The van der Waals surface area contributed by atoms with Crippen molar-refractivity contribution in [3.05, 3.63) is 34.3 Å². The second-order valence-corrected chi connectivity index (χ2v) is 7.85. The minimum atomic E-state index is 0.623. The van der Waals surface area contributed by atoms with Crippen molar-refractivity contribution in [3.8, 4) is 0 Å². The van der Waals surface area contributed by atoms with Crippen LogP contribution in [0.4, 0.5) is 5.95 Å². The van der Waals surface area contributed by atoms with E-state index in [1.165, 1.54) is 31.2 Å². The molecule has 0 amide bonds. The standard InChI is InChI=1S/C16H19BrN4S/c17-13-5-3-12(4-6-13)11-22-16-19-18-15(20-9-1-2-10-20)21(16)14-7-8-14/h3-6,14H,1-2,7-11H2. The predicted octanol–water partition coefficient (Wildman–Crippen LogP) is 4.27. The highest BCUT2D eigenvalue weighted by atomic mass is 79.9. The third-order valence-electron chi connectivity index (χ3n) is 4.23. The second kappa shape index (κ2) is 6.24. The Morgan fingerprint density at radius 2 is 1.82 bits per heavy atom. The number of thioether (sulfide) groups is 1. The van der Waals surface area contributed by atoms with Crippen LogP contribution in [0.25, 0.3) is 0 Å². The van der Waals surface area contributed by atoms with E-state index in [-0.39, 0.29) is 0 Å². The lowest BCUT2D eigenvalue weighted by Gasteiger charge is -2.17. The summed E-state index contributed by atoms with van der Waals surface area (Å²) in [7, 11) is 0. The SMILES string of the molecule is Brc1ccc(CSc2nnc(N3CCCC3)n2C2CC2)cc1. The third kappa shape index (κ3) is 3.04. The van der Waals surface area contributed by atoms with Crippen LogP contribution in [0.2, 0.25) is 0 Å². The summed E-state index contributed by atoms with van der Waals surface area (Å²) in [6.45, 7) is 2.25. The van der Waals surface area contributed by atoms with Gasteiger partial charge in [0, 0.05) is 29.4 Å². The maximum absolute atomic E-state index is 4.50. The number of halogens is 1. The average Bonchev–Trinajstić information content (AvgIpc) is 3.06. The molecule has 0 radical (unpaired) electrons. The first kappa shape index (κ1) is 14.6. The average molecular weight is 379 g/mol. The van der Waals surface area contributed by atoms with Gasteiger partial charge < -0.3 is 4.90 Å². The number of benzene rings is 1. The molecule has 1 saturated carbocycles. The topological polar surface area (TPSA) is 34.0 Å². The van der Waals surface area contributed by atoms with Gasteiger partial charge in [0.1, 0.15) is 0 Å². The summed E-state index contributed by atoms with van der Waals surface area (Å²) in [5, 5.41) is 10.1. The number of hydrogen-bond acceptors (Lipinski definition) is 4. The summed E-state index contributed by atoms with van der Waals surface area (Å²) in [6.07, 6.45) is 5.09. The molecule has 0 N–H and O–H groups in total. The summed E-state index contributed by atoms with van der Waals surface area (Å²) in [5.41, 5.74) is 1.32. The molecule has 4 rings (SSSR count). The summed E-state index contributed by atoms with van der Waals surface area (Å²) in [5.74, 6) is 2.04. The van der Waals surface area contributed by atoms with Crippen LogP contribution in [-0.4, -0.2) is 27.9 Å². The van der Waals surface area contributed by atoms with Crippen LogP contribution in [0.15, 0.2) is 33.9 Å². The highest BCUT2D eigenvalue weighted by Gasteiger charge is 2.32. The molecule has 0 bridgehead atoms. The van der Waals surface area contributed by atoms with Crippen molar-refractivity contribution in [1.82, 2.24) is 14.8 Å². The molecular formula is C16H19BrN4S. The first-order chi connectivity index (χ1) is 10.8. The number of rotatable bonds is 5. The van der Waals surface area contributed by atoms with Gasteiger partial charge in [0.05, 0.1) is 0 Å². The molecule has 2 aromatic rings. The Morgan fingerprint density at radius 3 is 2.50 bits per heavy atom. The van der Waals surface area contributed by atoms with Crippen molar-refractivity contribution < 1.29 is 0 Å². The highest BCUT2D eigenvalue weighted by Crippen LogP contribution is 2.41. The van der Waals surface area contributed by atoms with Crippen LogP contribution in [0.5, 0.6) is 0 Å². The van der Waals surface area contributed by atoms with Crippen molar-refractivity contribution in [2.45, 2.75) is 42.6 Å². The zero-order valence-electron chi connectivity index (χ0n) is 12.4. The van der Waals surface area contributed by atoms with Gasteiger partial charge in [-0.25, -0.2) is 0 Å². The Bertz CT molecular complexity index is 645. The molecule has 0 atom stereocenters. The van der Waals surface area contributed by atoms with Crippen molar-refractivity contribution >= 4 is 33.6 Å². The Labute approximate surface area is 143 Å². The maximum Gasteiger partial charge on any atom is 0.228 e. The minimum absolute atomic E-state index is 0.623. The van der Waals surface area contributed by atoms with Gasteiger partial charge in [0.15, 0.2) is 5.16 Å². The Kier molecular flexibility index (Phi) is 4.13. The van der Waals surface area contributed by atoms with Crippen LogP contribution < -0.4 is 4.90 Å². The van der Waals surface area contributed by atoms with Crippen molar-refractivity contribution in [2.24, 2.45) is 0 Å². The van der Waals surface area contributed by atoms with Gasteiger partial charge in [-0.2, -0.15) is 0 Å². The van der Waals surface area contributed by atoms with Crippen molar-refractivity contribution in [2.75, 3.05) is 18.0 Å². The van der Waals surface area contributed by atoms with E-state index in [1.54, 1.807) is 11.8 Å². The van der Waals surface area contributed by atoms with Crippen LogP contribution in [-0.2, 0) is 5.75 Å². The first-order valence-electron chi connectivity index (χ1n) is 7.88. The molecule has 1 aromatic heterocycles. The lowest BCUT2D eigenvalue weighted by molar-refractivity contribution is 0.651. The molecule has 0 unspecified atom stereocenters. The minimum Gasteiger partial charge on any atom is -0.341 e. The van der Waals surface area contributed by atoms with Gasteiger partial charge in [-0.3, -0.25) is 4.57 Å². The molecule has 1 saturated heterocycles. The summed E-state index contributed by atoms with van der Waals surface area (Å²) >= 11 is 5.28. The molecule has 2 heterocycles. The molecular weight excluding hydrogens is 360 g/mol. The van der Waals surface area contributed by atoms with E-state index in [2.05, 4.69) is 59.9 Å². The van der Waals surface area contributed by atoms with Crippen molar-refractivity contribution in [1.29, 1.82) is 0 Å². The molecule has 1 aliphatic carbocycles. The molecule has 0 spiro atoms. The second-order valence-electron chi connectivity index (χ2n) is 5.99. The lowest BCUT2D eigenvalue weighted by Crippen LogP contribution is -2.22. The van der Waals surface area contributed by atoms with Crippen LogP contribution in [0.1, 0.15) is 37.3 Å². The fourth-order valence-electron chi connectivity index (χ4n) is 2.88. The van der Waals surface area contributed by atoms with E-state index >= 15 is 0 Å². The van der Waals surface area contributed by atoms with Gasteiger partial charge in [0.2, 0.25) is 5.95 Å². The largest absolute Gasteiger partial charge is 0.341 e. The smallest absolute Gasteiger partial charge is 0.228 e. The van der Waals surface area contributed by atoms with E-state index in [4.69, 9.17) is 0 Å². The third-order valence-corrected chi connectivity index (χ3v) is 5.77. The Balaban J connectivity index is 1.52. The molecule has 6 heteroatoms. The predicted molar refractivity (Wildman–Crippen MR) is 93.4 cm³/mol. The van der Waals surface area contributed by atoms with Crippen LogP contribution >= 0.6 is 27.7 Å². The molecule has 1 aliphatic heterocycles. The normalized spacial score (nSPS) is 18.1. The number of hydrogen-bond donors (Lipinski definition) is 0. The summed E-state index contributed by atoms with van der Waals surface area (Å²) in [6, 6.07) is 9.14. The molecule has 2 aliphatic rings.